The Morgan fingerprint density at radius 1 is 1.06 bits per heavy atom. The van der Waals surface area contributed by atoms with Gasteiger partial charge in [-0.2, -0.15) is 0 Å². The third-order valence-corrected chi connectivity index (χ3v) is 5.53. The summed E-state index contributed by atoms with van der Waals surface area (Å²) < 4.78 is 7.46. The standard InChI is InChI=1S/C24H19ClN6O2/c25-16-8-6-15(7-9-16)20-12-18(17-4-1-2-5-19(17)30-20)24(32)33-11-3-10-31-14-29-21-22(26)27-13-28-23(21)31/h1-2,4-9,12-14H,3,10-11H2,(H2,26,27,28). The van der Waals surface area contributed by atoms with Gasteiger partial charge in [-0.25, -0.2) is 24.7 Å². The SMILES string of the molecule is Nc1ncnc2c1ncn2CCCOC(=O)c1cc(-c2ccc(Cl)cc2)nc2ccccc12. The number of carbonyl (C=O) groups excluding carboxylic acids is 1. The Hall–Kier alpha value is -4.04. The third-order valence-electron chi connectivity index (χ3n) is 5.28. The summed E-state index contributed by atoms with van der Waals surface area (Å²) in [5, 5.41) is 1.38. The number of fused-ring (bicyclic) bond motifs is 2. The molecule has 5 rings (SSSR count). The summed E-state index contributed by atoms with van der Waals surface area (Å²) in [6, 6.07) is 16.6. The molecule has 0 fully saturated rings. The summed E-state index contributed by atoms with van der Waals surface area (Å²) in [6.45, 7) is 0.819. The van der Waals surface area contributed by atoms with Crippen molar-refractivity contribution in [2.75, 3.05) is 12.3 Å². The first-order valence-electron chi connectivity index (χ1n) is 10.3. The number of nitrogen functional groups attached to an aromatic ring is 1. The van der Waals surface area contributed by atoms with Crippen molar-refractivity contribution in [3.63, 3.8) is 0 Å². The molecule has 0 saturated heterocycles. The van der Waals surface area contributed by atoms with E-state index in [-0.39, 0.29) is 6.61 Å². The Morgan fingerprint density at radius 2 is 1.88 bits per heavy atom. The zero-order valence-corrected chi connectivity index (χ0v) is 18.2. The second-order valence-corrected chi connectivity index (χ2v) is 7.87. The van der Waals surface area contributed by atoms with Gasteiger partial charge >= 0.3 is 5.97 Å². The van der Waals surface area contributed by atoms with Crippen LogP contribution in [0.1, 0.15) is 16.8 Å². The third kappa shape index (κ3) is 4.20. The number of halogens is 1. The van der Waals surface area contributed by atoms with Gasteiger partial charge in [-0.05, 0) is 30.7 Å². The molecule has 0 aliphatic heterocycles. The normalized spacial score (nSPS) is 11.2. The maximum atomic E-state index is 13.0. The summed E-state index contributed by atoms with van der Waals surface area (Å²) in [6.07, 6.45) is 3.66. The van der Waals surface area contributed by atoms with Gasteiger partial charge in [-0.1, -0.05) is 41.9 Å². The first kappa shape index (κ1) is 20.8. The van der Waals surface area contributed by atoms with Crippen LogP contribution < -0.4 is 5.73 Å². The van der Waals surface area contributed by atoms with Crippen LogP contribution in [0.5, 0.6) is 0 Å². The van der Waals surface area contributed by atoms with Gasteiger partial charge in [0.2, 0.25) is 0 Å². The zero-order chi connectivity index (χ0) is 22.8. The fourth-order valence-electron chi connectivity index (χ4n) is 3.65. The van der Waals surface area contributed by atoms with Crippen molar-refractivity contribution in [1.29, 1.82) is 0 Å². The van der Waals surface area contributed by atoms with Crippen LogP contribution in [0.15, 0.2) is 67.3 Å². The molecule has 33 heavy (non-hydrogen) atoms. The Kier molecular flexibility index (Phi) is 5.58. The van der Waals surface area contributed by atoms with Crippen molar-refractivity contribution in [1.82, 2.24) is 24.5 Å². The van der Waals surface area contributed by atoms with E-state index in [0.29, 0.717) is 46.2 Å². The predicted molar refractivity (Wildman–Crippen MR) is 127 cm³/mol. The van der Waals surface area contributed by atoms with E-state index in [9.17, 15) is 4.79 Å². The van der Waals surface area contributed by atoms with E-state index in [2.05, 4.69) is 15.0 Å². The van der Waals surface area contributed by atoms with Gasteiger partial charge in [0.15, 0.2) is 11.5 Å². The van der Waals surface area contributed by atoms with E-state index in [4.69, 9.17) is 27.1 Å². The van der Waals surface area contributed by atoms with Gasteiger partial charge in [0.1, 0.15) is 11.8 Å². The van der Waals surface area contributed by atoms with Crippen LogP contribution in [-0.4, -0.2) is 37.1 Å². The average molecular weight is 459 g/mol. The van der Waals surface area contributed by atoms with Crippen molar-refractivity contribution in [2.45, 2.75) is 13.0 Å². The van der Waals surface area contributed by atoms with Crippen LogP contribution in [0.4, 0.5) is 5.82 Å². The molecule has 2 N–H and O–H groups in total. The minimum absolute atomic E-state index is 0.242. The summed E-state index contributed by atoms with van der Waals surface area (Å²) in [7, 11) is 0. The lowest BCUT2D eigenvalue weighted by Crippen LogP contribution is -2.10. The molecule has 0 atom stereocenters. The number of aryl methyl sites for hydroxylation is 1. The quantitative estimate of drug-likeness (QED) is 0.294. The van der Waals surface area contributed by atoms with Crippen LogP contribution in [0.25, 0.3) is 33.3 Å². The molecule has 0 bridgehead atoms. The highest BCUT2D eigenvalue weighted by molar-refractivity contribution is 6.30. The van der Waals surface area contributed by atoms with Crippen LogP contribution in [0.3, 0.4) is 0 Å². The molecule has 164 valence electrons. The smallest absolute Gasteiger partial charge is 0.338 e. The minimum atomic E-state index is -0.397. The second kappa shape index (κ2) is 8.84. The van der Waals surface area contributed by atoms with Gasteiger partial charge in [-0.3, -0.25) is 0 Å². The maximum absolute atomic E-state index is 13.0. The zero-order valence-electron chi connectivity index (χ0n) is 17.5. The number of benzene rings is 2. The molecule has 3 aromatic heterocycles. The van der Waals surface area contributed by atoms with Crippen LogP contribution in [-0.2, 0) is 11.3 Å². The highest BCUT2D eigenvalue weighted by Crippen LogP contribution is 2.26. The fraction of sp³-hybridized carbons (Fsp3) is 0.125. The Morgan fingerprint density at radius 3 is 2.73 bits per heavy atom. The highest BCUT2D eigenvalue weighted by Gasteiger charge is 2.15. The lowest BCUT2D eigenvalue weighted by Gasteiger charge is -2.10. The largest absolute Gasteiger partial charge is 0.462 e. The van der Waals surface area contributed by atoms with Gasteiger partial charge in [0, 0.05) is 22.5 Å². The van der Waals surface area contributed by atoms with Crippen LogP contribution in [0, 0.1) is 0 Å². The van der Waals surface area contributed by atoms with E-state index in [1.807, 2.05) is 41.0 Å². The topological polar surface area (TPSA) is 109 Å². The summed E-state index contributed by atoms with van der Waals surface area (Å²) in [5.41, 5.74) is 9.79. The maximum Gasteiger partial charge on any atom is 0.338 e. The number of hydrogen-bond acceptors (Lipinski definition) is 7. The molecule has 2 aromatic carbocycles. The van der Waals surface area contributed by atoms with Gasteiger partial charge in [0.25, 0.3) is 0 Å². The minimum Gasteiger partial charge on any atom is -0.462 e. The number of carbonyl (C=O) groups is 1. The van der Waals surface area contributed by atoms with Gasteiger partial charge in [0.05, 0.1) is 29.7 Å². The number of nitrogens with two attached hydrogens (primary N) is 1. The molecule has 0 radical (unpaired) electrons. The van der Waals surface area contributed by atoms with E-state index in [0.717, 1.165) is 16.5 Å². The number of esters is 1. The molecule has 3 heterocycles. The molecule has 0 aliphatic rings. The number of hydrogen-bond donors (Lipinski definition) is 1. The molecule has 5 aromatic rings. The Bertz CT molecular complexity index is 1470. The molecular weight excluding hydrogens is 440 g/mol. The van der Waals surface area contributed by atoms with Gasteiger partial charge in [-0.15, -0.1) is 0 Å². The van der Waals surface area contributed by atoms with E-state index < -0.39 is 5.97 Å². The van der Waals surface area contributed by atoms with Crippen molar-refractivity contribution in [3.05, 3.63) is 77.8 Å². The first-order valence-corrected chi connectivity index (χ1v) is 10.7. The molecule has 0 aliphatic carbocycles. The molecule has 0 unspecified atom stereocenters. The van der Waals surface area contributed by atoms with Crippen molar-refractivity contribution >= 4 is 45.5 Å². The number of ether oxygens (including phenoxy) is 1. The van der Waals surface area contributed by atoms with Crippen molar-refractivity contribution in [2.24, 2.45) is 0 Å². The molecule has 0 saturated carbocycles. The predicted octanol–water partition coefficient (Wildman–Crippen LogP) is 4.52. The molecule has 9 heteroatoms. The number of rotatable bonds is 6. The van der Waals surface area contributed by atoms with E-state index >= 15 is 0 Å². The molecular formula is C24H19ClN6O2. The number of para-hydroxylation sites is 1. The number of nitrogens with zero attached hydrogens (tertiary/aromatic N) is 5. The first-order chi connectivity index (χ1) is 16.1. The fourth-order valence-corrected chi connectivity index (χ4v) is 3.78. The lowest BCUT2D eigenvalue weighted by atomic mass is 10.0. The number of aromatic nitrogens is 5. The van der Waals surface area contributed by atoms with Crippen LogP contribution in [0.2, 0.25) is 5.02 Å². The monoisotopic (exact) mass is 458 g/mol. The summed E-state index contributed by atoms with van der Waals surface area (Å²) >= 11 is 6.01. The summed E-state index contributed by atoms with van der Waals surface area (Å²) in [5.74, 6) is -0.0582. The van der Waals surface area contributed by atoms with E-state index in [1.165, 1.54) is 6.33 Å². The number of pyridine rings is 1. The van der Waals surface area contributed by atoms with Crippen LogP contribution >= 0.6 is 11.6 Å². The molecule has 8 nitrogen and oxygen atoms in total. The Balaban J connectivity index is 1.33. The Labute approximate surface area is 194 Å². The highest BCUT2D eigenvalue weighted by atomic mass is 35.5. The number of imidazole rings is 1. The van der Waals surface area contributed by atoms with Crippen molar-refractivity contribution < 1.29 is 9.53 Å². The summed E-state index contributed by atoms with van der Waals surface area (Å²) in [4.78, 5) is 30.1. The lowest BCUT2D eigenvalue weighted by molar-refractivity contribution is 0.0498. The molecule has 0 amide bonds. The van der Waals surface area contributed by atoms with E-state index in [1.54, 1.807) is 24.5 Å². The van der Waals surface area contributed by atoms with Crippen molar-refractivity contribution in [3.8, 4) is 11.3 Å². The second-order valence-electron chi connectivity index (χ2n) is 7.44. The van der Waals surface area contributed by atoms with Gasteiger partial charge < -0.3 is 15.0 Å². The average Bonchev–Trinajstić information content (AvgIpc) is 3.26. The number of anilines is 1. The molecule has 0 spiro atoms.